The highest BCUT2D eigenvalue weighted by atomic mass is 15.2. The summed E-state index contributed by atoms with van der Waals surface area (Å²) in [5.74, 6) is 0. The molecule has 3 nitrogen and oxygen atoms in total. The minimum atomic E-state index is 0.957. The minimum Gasteiger partial charge on any atom is -0.275 e. The third kappa shape index (κ3) is 3.22. The number of para-hydroxylation sites is 1. The SMILES string of the molecule is Cc1cc2ccccc2nc1-c1ccc(C=Cc2ccn(C)n2)cc1. The zero-order valence-electron chi connectivity index (χ0n) is 14.3. The van der Waals surface area contributed by atoms with E-state index >= 15 is 0 Å². The Labute approximate surface area is 147 Å². The van der Waals surface area contributed by atoms with E-state index in [9.17, 15) is 0 Å². The molecule has 0 saturated carbocycles. The third-order valence-corrected chi connectivity index (χ3v) is 4.28. The fourth-order valence-corrected chi connectivity index (χ4v) is 2.97. The zero-order chi connectivity index (χ0) is 17.2. The van der Waals surface area contributed by atoms with Crippen molar-refractivity contribution in [2.24, 2.45) is 7.05 Å². The van der Waals surface area contributed by atoms with E-state index in [0.29, 0.717) is 0 Å². The molecule has 2 heterocycles. The van der Waals surface area contributed by atoms with Crippen molar-refractivity contribution in [3.63, 3.8) is 0 Å². The Balaban J connectivity index is 1.64. The van der Waals surface area contributed by atoms with E-state index in [1.165, 1.54) is 10.9 Å². The second kappa shape index (κ2) is 6.36. The summed E-state index contributed by atoms with van der Waals surface area (Å²) >= 11 is 0. The van der Waals surface area contributed by atoms with Gasteiger partial charge < -0.3 is 0 Å². The van der Waals surface area contributed by atoms with Gasteiger partial charge in [-0.2, -0.15) is 5.10 Å². The first-order valence-electron chi connectivity index (χ1n) is 8.33. The Morgan fingerprint density at radius 2 is 1.72 bits per heavy atom. The lowest BCUT2D eigenvalue weighted by molar-refractivity contribution is 0.765. The fourth-order valence-electron chi connectivity index (χ4n) is 2.97. The predicted molar refractivity (Wildman–Crippen MR) is 104 cm³/mol. The summed E-state index contributed by atoms with van der Waals surface area (Å²) in [6.45, 7) is 2.11. The van der Waals surface area contributed by atoms with E-state index in [2.05, 4.69) is 60.6 Å². The summed E-state index contributed by atoms with van der Waals surface area (Å²) in [7, 11) is 1.92. The van der Waals surface area contributed by atoms with Gasteiger partial charge in [-0.3, -0.25) is 4.68 Å². The van der Waals surface area contributed by atoms with Gasteiger partial charge in [0.25, 0.3) is 0 Å². The van der Waals surface area contributed by atoms with Gasteiger partial charge in [0, 0.05) is 24.2 Å². The Hall–Kier alpha value is -3.20. The molecule has 0 aliphatic heterocycles. The topological polar surface area (TPSA) is 30.7 Å². The highest BCUT2D eigenvalue weighted by Crippen LogP contribution is 2.25. The number of hydrogen-bond donors (Lipinski definition) is 0. The van der Waals surface area contributed by atoms with Crippen molar-refractivity contribution in [1.29, 1.82) is 0 Å². The van der Waals surface area contributed by atoms with E-state index in [0.717, 1.165) is 28.0 Å². The molecule has 0 N–H and O–H groups in total. The normalized spacial score (nSPS) is 11.4. The molecular weight excluding hydrogens is 306 g/mol. The molecule has 0 amide bonds. The Bertz CT molecular complexity index is 1060. The number of benzene rings is 2. The minimum absolute atomic E-state index is 0.957. The summed E-state index contributed by atoms with van der Waals surface area (Å²) in [5.41, 5.74) is 6.50. The standard InChI is InChI=1S/C22H19N3/c1-16-15-19-5-3-4-6-21(19)23-22(16)18-10-7-17(8-11-18)9-12-20-13-14-25(2)24-20/h3-15H,1-2H3. The van der Waals surface area contributed by atoms with Crippen molar-refractivity contribution < 1.29 is 0 Å². The summed E-state index contributed by atoms with van der Waals surface area (Å²) < 4.78 is 1.80. The molecule has 0 atom stereocenters. The lowest BCUT2D eigenvalue weighted by Gasteiger charge is -2.08. The van der Waals surface area contributed by atoms with Crippen molar-refractivity contribution in [2.45, 2.75) is 6.92 Å². The first kappa shape index (κ1) is 15.3. The van der Waals surface area contributed by atoms with Crippen molar-refractivity contribution in [1.82, 2.24) is 14.8 Å². The number of hydrogen-bond acceptors (Lipinski definition) is 2. The first-order valence-corrected chi connectivity index (χ1v) is 8.33. The highest BCUT2D eigenvalue weighted by Gasteiger charge is 2.06. The molecule has 2 aromatic heterocycles. The Kier molecular flexibility index (Phi) is 3.90. The van der Waals surface area contributed by atoms with Crippen LogP contribution >= 0.6 is 0 Å². The first-order chi connectivity index (χ1) is 12.2. The molecule has 0 bridgehead atoms. The van der Waals surface area contributed by atoms with Crippen LogP contribution in [0.3, 0.4) is 0 Å². The van der Waals surface area contributed by atoms with Crippen LogP contribution < -0.4 is 0 Å². The van der Waals surface area contributed by atoms with Crippen molar-refractivity contribution in [3.8, 4) is 11.3 Å². The molecule has 0 radical (unpaired) electrons. The van der Waals surface area contributed by atoms with Gasteiger partial charge in [0.1, 0.15) is 0 Å². The molecule has 25 heavy (non-hydrogen) atoms. The molecule has 4 aromatic rings. The second-order valence-electron chi connectivity index (χ2n) is 6.22. The smallest absolute Gasteiger partial charge is 0.0850 e. The van der Waals surface area contributed by atoms with Crippen LogP contribution in [0.1, 0.15) is 16.8 Å². The van der Waals surface area contributed by atoms with E-state index in [1.54, 1.807) is 4.68 Å². The average Bonchev–Trinajstić information content (AvgIpc) is 3.05. The van der Waals surface area contributed by atoms with E-state index in [1.807, 2.05) is 37.5 Å². The second-order valence-corrected chi connectivity index (χ2v) is 6.22. The molecule has 0 fully saturated rings. The highest BCUT2D eigenvalue weighted by molar-refractivity contribution is 5.83. The van der Waals surface area contributed by atoms with Crippen molar-refractivity contribution >= 4 is 23.1 Å². The summed E-state index contributed by atoms with van der Waals surface area (Å²) in [6.07, 6.45) is 6.04. The van der Waals surface area contributed by atoms with E-state index in [-0.39, 0.29) is 0 Å². The quantitative estimate of drug-likeness (QED) is 0.524. The van der Waals surface area contributed by atoms with Crippen LogP contribution in [0.15, 0.2) is 66.9 Å². The van der Waals surface area contributed by atoms with Crippen molar-refractivity contribution in [2.75, 3.05) is 0 Å². The number of pyridine rings is 1. The van der Waals surface area contributed by atoms with Gasteiger partial charge in [-0.25, -0.2) is 4.98 Å². The summed E-state index contributed by atoms with van der Waals surface area (Å²) in [5, 5.41) is 5.53. The van der Waals surface area contributed by atoms with Crippen LogP contribution in [0.5, 0.6) is 0 Å². The van der Waals surface area contributed by atoms with Gasteiger partial charge in [-0.05, 0) is 42.3 Å². The van der Waals surface area contributed by atoms with Crippen LogP contribution in [0.25, 0.3) is 34.3 Å². The third-order valence-electron chi connectivity index (χ3n) is 4.28. The number of nitrogens with zero attached hydrogens (tertiary/aromatic N) is 3. The molecule has 2 aromatic carbocycles. The van der Waals surface area contributed by atoms with E-state index < -0.39 is 0 Å². The molecule has 0 aliphatic rings. The van der Waals surface area contributed by atoms with Gasteiger partial charge in [-0.15, -0.1) is 0 Å². The molecule has 0 unspecified atom stereocenters. The van der Waals surface area contributed by atoms with Crippen LogP contribution in [-0.2, 0) is 7.05 Å². The summed E-state index contributed by atoms with van der Waals surface area (Å²) in [4.78, 5) is 4.84. The van der Waals surface area contributed by atoms with Gasteiger partial charge in [0.05, 0.1) is 16.9 Å². The molecule has 3 heteroatoms. The molecule has 0 saturated heterocycles. The maximum atomic E-state index is 4.84. The Morgan fingerprint density at radius 3 is 2.48 bits per heavy atom. The largest absolute Gasteiger partial charge is 0.275 e. The maximum absolute atomic E-state index is 4.84. The van der Waals surface area contributed by atoms with Crippen LogP contribution in [0.4, 0.5) is 0 Å². The average molecular weight is 325 g/mol. The Morgan fingerprint density at radius 1 is 0.920 bits per heavy atom. The molecule has 0 aliphatic carbocycles. The monoisotopic (exact) mass is 325 g/mol. The van der Waals surface area contributed by atoms with Gasteiger partial charge in [0.2, 0.25) is 0 Å². The fraction of sp³-hybridized carbons (Fsp3) is 0.0909. The molecular formula is C22H19N3. The maximum Gasteiger partial charge on any atom is 0.0850 e. The van der Waals surface area contributed by atoms with Crippen LogP contribution in [0, 0.1) is 6.92 Å². The number of rotatable bonds is 3. The number of aromatic nitrogens is 3. The molecule has 0 spiro atoms. The van der Waals surface area contributed by atoms with Crippen LogP contribution in [0.2, 0.25) is 0 Å². The lowest BCUT2D eigenvalue weighted by Crippen LogP contribution is -1.90. The zero-order valence-corrected chi connectivity index (χ0v) is 14.3. The molecule has 4 rings (SSSR count). The van der Waals surface area contributed by atoms with Crippen molar-refractivity contribution in [3.05, 3.63) is 83.7 Å². The van der Waals surface area contributed by atoms with Crippen LogP contribution in [-0.4, -0.2) is 14.8 Å². The van der Waals surface area contributed by atoms with Gasteiger partial charge in [0.15, 0.2) is 0 Å². The van der Waals surface area contributed by atoms with Gasteiger partial charge >= 0.3 is 0 Å². The van der Waals surface area contributed by atoms with Gasteiger partial charge in [-0.1, -0.05) is 48.5 Å². The molecule has 122 valence electrons. The number of aryl methyl sites for hydroxylation is 2. The summed E-state index contributed by atoms with van der Waals surface area (Å²) in [6, 6.07) is 20.9. The lowest BCUT2D eigenvalue weighted by atomic mass is 10.0. The van der Waals surface area contributed by atoms with E-state index in [4.69, 9.17) is 4.98 Å². The predicted octanol–water partition coefficient (Wildman–Crippen LogP) is 5.11. The number of fused-ring (bicyclic) bond motifs is 1.